The van der Waals surface area contributed by atoms with Crippen LogP contribution in [0.25, 0.3) is 0 Å². The van der Waals surface area contributed by atoms with E-state index in [1.165, 1.54) is 0 Å². The minimum absolute atomic E-state index is 0.0848. The molecule has 2 N–H and O–H groups in total. The number of ether oxygens (including phenoxy) is 1. The summed E-state index contributed by atoms with van der Waals surface area (Å²) < 4.78 is 77.9. The Balaban J connectivity index is 0.000000339. The fourth-order valence-electron chi connectivity index (χ4n) is 3.60. The molecule has 3 heterocycles. The molecule has 1 saturated carbocycles. The number of anilines is 1. The molecule has 1 aliphatic carbocycles. The number of hydrogen-bond donors (Lipinski definition) is 2. The molecule has 4 rings (SSSR count). The number of nitrogens with one attached hydrogen (secondary N) is 1. The van der Waals surface area contributed by atoms with Gasteiger partial charge in [0.15, 0.2) is 5.82 Å². The maximum absolute atomic E-state index is 13.0. The Bertz CT molecular complexity index is 895. The van der Waals surface area contributed by atoms with Gasteiger partial charge in [-0.1, -0.05) is 0 Å². The van der Waals surface area contributed by atoms with Crippen LogP contribution < -0.4 is 9.62 Å². The second-order valence-corrected chi connectivity index (χ2v) is 9.75. The Labute approximate surface area is 175 Å². The molecule has 0 unspecified atom stereocenters. The smallest absolute Gasteiger partial charge is 0.475 e. The van der Waals surface area contributed by atoms with Gasteiger partial charge in [-0.2, -0.15) is 13.2 Å². The van der Waals surface area contributed by atoms with Gasteiger partial charge < -0.3 is 14.7 Å². The first-order valence-electron chi connectivity index (χ1n) is 9.58. The van der Waals surface area contributed by atoms with Gasteiger partial charge in [0.2, 0.25) is 16.0 Å². The lowest BCUT2D eigenvalue weighted by molar-refractivity contribution is -0.192. The Morgan fingerprint density at radius 2 is 1.87 bits per heavy atom. The molecule has 2 aliphatic heterocycles. The van der Waals surface area contributed by atoms with Crippen LogP contribution in [-0.4, -0.2) is 72.2 Å². The molecule has 14 heteroatoms. The fourth-order valence-corrected chi connectivity index (χ4v) is 5.22. The van der Waals surface area contributed by atoms with Gasteiger partial charge in [0.05, 0.1) is 23.2 Å². The van der Waals surface area contributed by atoms with E-state index in [-0.39, 0.29) is 16.9 Å². The van der Waals surface area contributed by atoms with E-state index in [0.717, 1.165) is 31.7 Å². The SMILES string of the molecule is O=C(O)C(F)(F)F.O=S(=O)(N[C@H]1CCO[C@]2(CCN(c3ncc(F)cn3)C2)C1)C1CC1. The number of halogens is 4. The summed E-state index contributed by atoms with van der Waals surface area (Å²) in [5.74, 6) is -2.74. The average Bonchev–Trinajstić information content (AvgIpc) is 3.46. The van der Waals surface area contributed by atoms with Crippen molar-refractivity contribution >= 4 is 21.9 Å². The average molecular weight is 470 g/mol. The summed E-state index contributed by atoms with van der Waals surface area (Å²) in [6.07, 6.45) is 0.884. The molecule has 2 saturated heterocycles. The summed E-state index contributed by atoms with van der Waals surface area (Å²) >= 11 is 0. The number of aromatic nitrogens is 2. The molecule has 9 nitrogen and oxygen atoms in total. The highest BCUT2D eigenvalue weighted by atomic mass is 32.2. The first kappa shape index (κ1) is 23.6. The van der Waals surface area contributed by atoms with E-state index in [4.69, 9.17) is 14.6 Å². The van der Waals surface area contributed by atoms with E-state index in [1.54, 1.807) is 0 Å². The maximum atomic E-state index is 13.0. The molecule has 3 aliphatic rings. The lowest BCUT2D eigenvalue weighted by atomic mass is 9.90. The Morgan fingerprint density at radius 1 is 1.26 bits per heavy atom. The zero-order valence-corrected chi connectivity index (χ0v) is 17.1. The summed E-state index contributed by atoms with van der Waals surface area (Å²) in [7, 11) is -3.19. The van der Waals surface area contributed by atoms with Crippen LogP contribution in [0.15, 0.2) is 12.4 Å². The normalized spacial score (nSPS) is 26.5. The minimum atomic E-state index is -5.08. The molecular weight excluding hydrogens is 448 g/mol. The van der Waals surface area contributed by atoms with E-state index in [2.05, 4.69) is 14.7 Å². The minimum Gasteiger partial charge on any atom is -0.475 e. The highest BCUT2D eigenvalue weighted by Gasteiger charge is 2.46. The number of aliphatic carboxylic acids is 1. The number of sulfonamides is 1. The van der Waals surface area contributed by atoms with Crippen LogP contribution in [0.4, 0.5) is 23.5 Å². The van der Waals surface area contributed by atoms with Crippen LogP contribution in [0.5, 0.6) is 0 Å². The predicted octanol–water partition coefficient (Wildman–Crippen LogP) is 1.46. The van der Waals surface area contributed by atoms with Crippen LogP contribution in [0.1, 0.15) is 32.1 Å². The van der Waals surface area contributed by atoms with Gasteiger partial charge in [-0.3, -0.25) is 0 Å². The maximum Gasteiger partial charge on any atom is 0.490 e. The molecule has 1 spiro atoms. The van der Waals surface area contributed by atoms with Gasteiger partial charge >= 0.3 is 12.1 Å². The summed E-state index contributed by atoms with van der Waals surface area (Å²) in [6.45, 7) is 1.85. The number of carboxylic acid groups (broad SMARTS) is 1. The summed E-state index contributed by atoms with van der Waals surface area (Å²) in [5, 5.41) is 6.92. The summed E-state index contributed by atoms with van der Waals surface area (Å²) in [5.41, 5.74) is -0.382. The molecular formula is C17H22F4N4O5S. The first-order chi connectivity index (χ1) is 14.4. The summed E-state index contributed by atoms with van der Waals surface area (Å²) in [4.78, 5) is 18.9. The van der Waals surface area contributed by atoms with Gasteiger partial charge in [-0.15, -0.1) is 0 Å². The molecule has 0 aromatic carbocycles. The van der Waals surface area contributed by atoms with Crippen molar-refractivity contribution in [3.05, 3.63) is 18.2 Å². The van der Waals surface area contributed by atoms with Crippen molar-refractivity contribution in [1.82, 2.24) is 14.7 Å². The van der Waals surface area contributed by atoms with Crippen molar-refractivity contribution in [2.24, 2.45) is 0 Å². The number of nitrogens with zero attached hydrogens (tertiary/aromatic N) is 3. The van der Waals surface area contributed by atoms with Gasteiger partial charge in [0.1, 0.15) is 0 Å². The molecule has 2 atom stereocenters. The van der Waals surface area contributed by atoms with Gasteiger partial charge in [0, 0.05) is 25.7 Å². The second kappa shape index (κ2) is 8.82. The van der Waals surface area contributed by atoms with Gasteiger partial charge in [-0.05, 0) is 32.1 Å². The van der Waals surface area contributed by atoms with Crippen LogP contribution in [0.3, 0.4) is 0 Å². The molecule has 1 aromatic rings. The lowest BCUT2D eigenvalue weighted by Crippen LogP contribution is -2.50. The highest BCUT2D eigenvalue weighted by Crippen LogP contribution is 2.36. The molecule has 1 aromatic heterocycles. The quantitative estimate of drug-likeness (QED) is 0.635. The zero-order chi connectivity index (χ0) is 22.9. The predicted molar refractivity (Wildman–Crippen MR) is 99.3 cm³/mol. The number of hydrogen-bond acceptors (Lipinski definition) is 7. The van der Waals surface area contributed by atoms with Gasteiger partial charge in [-0.25, -0.2) is 32.3 Å². The number of alkyl halides is 3. The third-order valence-electron chi connectivity index (χ3n) is 5.24. The third-order valence-corrected chi connectivity index (χ3v) is 7.25. The monoisotopic (exact) mass is 470 g/mol. The van der Waals surface area contributed by atoms with E-state index < -0.39 is 28.0 Å². The fraction of sp³-hybridized carbons (Fsp3) is 0.706. The van der Waals surface area contributed by atoms with Crippen LogP contribution in [-0.2, 0) is 19.6 Å². The Hall–Kier alpha value is -2.06. The van der Waals surface area contributed by atoms with Crippen molar-refractivity contribution in [1.29, 1.82) is 0 Å². The lowest BCUT2D eigenvalue weighted by Gasteiger charge is -2.38. The van der Waals surface area contributed by atoms with Crippen molar-refractivity contribution < 1.29 is 40.6 Å². The summed E-state index contributed by atoms with van der Waals surface area (Å²) in [6, 6.07) is -0.0848. The second-order valence-electron chi connectivity index (χ2n) is 7.76. The van der Waals surface area contributed by atoms with E-state index in [0.29, 0.717) is 38.5 Å². The Kier molecular flexibility index (Phi) is 6.72. The molecule has 0 bridgehead atoms. The molecule has 31 heavy (non-hydrogen) atoms. The topological polar surface area (TPSA) is 122 Å². The van der Waals surface area contributed by atoms with Crippen molar-refractivity contribution in [3.63, 3.8) is 0 Å². The third kappa shape index (κ3) is 6.23. The largest absolute Gasteiger partial charge is 0.490 e. The van der Waals surface area contributed by atoms with E-state index >= 15 is 0 Å². The molecule has 174 valence electrons. The number of carbonyl (C=O) groups is 1. The van der Waals surface area contributed by atoms with E-state index in [1.807, 2.05) is 4.90 Å². The Morgan fingerprint density at radius 3 is 2.42 bits per heavy atom. The standard InChI is InChI=1S/C15H21FN4O3S.C2HF3O2/c16-11-8-17-14(18-9-11)20-5-4-15(10-20)7-12(3-6-23-15)19-24(21,22)13-1-2-13;3-2(4,5)1(6)7/h8-9,12-13,19H,1-7,10H2;(H,6,7)/t12-,15+;/m0./s1. The van der Waals surface area contributed by atoms with Crippen LogP contribution in [0.2, 0.25) is 0 Å². The molecule has 3 fully saturated rings. The van der Waals surface area contributed by atoms with Crippen molar-refractivity contribution in [3.8, 4) is 0 Å². The van der Waals surface area contributed by atoms with Crippen LogP contribution in [0, 0.1) is 5.82 Å². The molecule has 0 amide bonds. The number of rotatable bonds is 4. The first-order valence-corrected chi connectivity index (χ1v) is 11.1. The highest BCUT2D eigenvalue weighted by molar-refractivity contribution is 7.90. The number of carboxylic acids is 1. The zero-order valence-electron chi connectivity index (χ0n) is 16.3. The van der Waals surface area contributed by atoms with Crippen LogP contribution >= 0.6 is 0 Å². The van der Waals surface area contributed by atoms with E-state index in [9.17, 15) is 26.0 Å². The van der Waals surface area contributed by atoms with Crippen molar-refractivity contribution in [2.75, 3.05) is 24.6 Å². The van der Waals surface area contributed by atoms with Gasteiger partial charge in [0.25, 0.3) is 0 Å². The molecule has 0 radical (unpaired) electrons. The van der Waals surface area contributed by atoms with Crippen molar-refractivity contribution in [2.45, 2.75) is 55.2 Å².